The summed E-state index contributed by atoms with van der Waals surface area (Å²) in [6, 6.07) is 24.4. The first kappa shape index (κ1) is 39.5. The van der Waals surface area contributed by atoms with Crippen LogP contribution in [0.3, 0.4) is 0 Å². The number of ketones is 1. The lowest BCUT2D eigenvalue weighted by molar-refractivity contribution is -0.159. The Labute approximate surface area is 304 Å². The summed E-state index contributed by atoms with van der Waals surface area (Å²) < 4.78 is 13.2. The number of rotatable bonds is 11. The van der Waals surface area contributed by atoms with Crippen LogP contribution in [-0.4, -0.2) is 112 Å². The van der Waals surface area contributed by atoms with Crippen LogP contribution in [0, 0.1) is 0 Å². The van der Waals surface area contributed by atoms with Crippen molar-refractivity contribution in [1.82, 2.24) is 9.80 Å². The van der Waals surface area contributed by atoms with Gasteiger partial charge in [-0.15, -0.1) is 11.3 Å². The third-order valence-electron chi connectivity index (χ3n) is 8.55. The van der Waals surface area contributed by atoms with Crippen molar-refractivity contribution >= 4 is 51.1 Å². The molecule has 2 aliphatic rings. The van der Waals surface area contributed by atoms with Crippen molar-refractivity contribution in [2.75, 3.05) is 45.9 Å². The maximum Gasteiger partial charge on any atom is 0.414 e. The van der Waals surface area contributed by atoms with Crippen molar-refractivity contribution in [3.8, 4) is 21.9 Å². The highest BCUT2D eigenvalue weighted by Gasteiger charge is 2.22. The second kappa shape index (κ2) is 19.3. The number of aliphatic carboxylic acids is 4. The van der Waals surface area contributed by atoms with Crippen LogP contribution in [0.4, 0.5) is 0 Å². The van der Waals surface area contributed by atoms with Gasteiger partial charge in [0.1, 0.15) is 24.7 Å². The smallest absolute Gasteiger partial charge is 0.414 e. The van der Waals surface area contributed by atoms with Crippen LogP contribution in [0.25, 0.3) is 20.5 Å². The van der Waals surface area contributed by atoms with Gasteiger partial charge in [-0.25, -0.2) is 19.2 Å². The van der Waals surface area contributed by atoms with Gasteiger partial charge >= 0.3 is 23.9 Å². The summed E-state index contributed by atoms with van der Waals surface area (Å²) in [6.07, 6.45) is 5.14. The number of benzene rings is 3. The number of carboxylic acid groups (broad SMARTS) is 4. The van der Waals surface area contributed by atoms with Crippen LogP contribution >= 0.6 is 11.3 Å². The third kappa shape index (κ3) is 11.4. The fourth-order valence-corrected chi connectivity index (χ4v) is 7.03. The molecule has 0 aliphatic carbocycles. The van der Waals surface area contributed by atoms with Crippen LogP contribution in [0.1, 0.15) is 48.5 Å². The molecule has 6 rings (SSSR count). The van der Waals surface area contributed by atoms with Crippen molar-refractivity contribution < 1.29 is 53.9 Å². The minimum absolute atomic E-state index is 0.0374. The van der Waals surface area contributed by atoms with Gasteiger partial charge in [0.15, 0.2) is 5.78 Å². The van der Waals surface area contributed by atoms with Crippen LogP contribution in [0.5, 0.6) is 11.5 Å². The first-order chi connectivity index (χ1) is 24.9. The Morgan fingerprint density at radius 3 is 1.79 bits per heavy atom. The second-order valence-corrected chi connectivity index (χ2v) is 13.3. The lowest BCUT2D eigenvalue weighted by Gasteiger charge is -2.23. The summed E-state index contributed by atoms with van der Waals surface area (Å²) >= 11 is 1.67. The van der Waals surface area contributed by atoms with E-state index in [0.717, 1.165) is 57.2 Å². The standard InChI is InChI=1S/C34H38N2O3S.2C2H2O4/c1-25(36-20-6-7-21-36)24-39-29-14-10-26(11-15-29)33(37)32-30-8-2-3-9-31(30)40-34(32)27-12-16-28(17-13-27)38-23-22-35-18-4-5-19-35;2*3-1(4)2(5)6/h2-3,8-17,25H,4-7,18-24H2,1H3;2*(H,3,4)(H,5,6)/t25-;;/m0../s1. The molecule has 2 saturated heterocycles. The highest BCUT2D eigenvalue weighted by molar-refractivity contribution is 7.22. The SMILES string of the molecule is C[C@@H](COc1ccc(C(=O)c2c(-c3ccc(OCCN4CCCC4)cc3)sc3ccccc23)cc1)N1CCCC1.O=C(O)C(=O)O.O=C(O)C(=O)O. The molecule has 2 fully saturated rings. The lowest BCUT2D eigenvalue weighted by atomic mass is 9.97. The van der Waals surface area contributed by atoms with Crippen molar-refractivity contribution in [3.05, 3.63) is 83.9 Å². The molecule has 14 heteroatoms. The van der Waals surface area contributed by atoms with Crippen molar-refractivity contribution in [2.24, 2.45) is 0 Å². The van der Waals surface area contributed by atoms with E-state index in [-0.39, 0.29) is 5.78 Å². The lowest BCUT2D eigenvalue weighted by Crippen LogP contribution is -2.34. The maximum absolute atomic E-state index is 13.9. The minimum atomic E-state index is -1.82. The Bertz CT molecular complexity index is 1780. The summed E-state index contributed by atoms with van der Waals surface area (Å²) in [6.45, 7) is 9.22. The molecule has 3 heterocycles. The van der Waals surface area contributed by atoms with Crippen LogP contribution in [0.15, 0.2) is 72.8 Å². The van der Waals surface area contributed by atoms with Gasteiger partial charge in [-0.05, 0) is 119 Å². The number of carbonyl (C=O) groups is 5. The van der Waals surface area contributed by atoms with E-state index in [1.807, 2.05) is 48.5 Å². The molecule has 4 aromatic rings. The average molecular weight is 735 g/mol. The number of ether oxygens (including phenoxy) is 2. The maximum atomic E-state index is 13.9. The van der Waals surface area contributed by atoms with Crippen LogP contribution in [-0.2, 0) is 19.2 Å². The molecule has 2 aliphatic heterocycles. The summed E-state index contributed by atoms with van der Waals surface area (Å²) in [5.41, 5.74) is 2.47. The summed E-state index contributed by atoms with van der Waals surface area (Å²) in [5, 5.41) is 30.6. The number of carboxylic acids is 4. The van der Waals surface area contributed by atoms with E-state index in [9.17, 15) is 4.79 Å². The number of hydrogen-bond donors (Lipinski definition) is 4. The monoisotopic (exact) mass is 734 g/mol. The molecule has 52 heavy (non-hydrogen) atoms. The Hall–Kier alpha value is -5.31. The molecule has 0 saturated carbocycles. The number of carbonyl (C=O) groups excluding carboxylic acids is 1. The normalized spacial score (nSPS) is 14.7. The summed E-state index contributed by atoms with van der Waals surface area (Å²) in [5.74, 6) is -5.59. The number of nitrogens with zero attached hydrogens (tertiary/aromatic N) is 2. The van der Waals surface area contributed by atoms with Gasteiger partial charge < -0.3 is 29.9 Å². The fraction of sp³-hybridized carbons (Fsp3) is 0.342. The molecule has 0 radical (unpaired) electrons. The molecule has 1 atom stereocenters. The molecular weight excluding hydrogens is 692 g/mol. The predicted molar refractivity (Wildman–Crippen MR) is 195 cm³/mol. The first-order valence-electron chi connectivity index (χ1n) is 16.9. The Kier molecular flexibility index (Phi) is 14.7. The highest BCUT2D eigenvalue weighted by atomic mass is 32.1. The van der Waals surface area contributed by atoms with E-state index in [2.05, 4.69) is 41.0 Å². The Balaban J connectivity index is 0.000000436. The van der Waals surface area contributed by atoms with Gasteiger partial charge in [-0.1, -0.05) is 18.2 Å². The highest BCUT2D eigenvalue weighted by Crippen LogP contribution is 2.40. The van der Waals surface area contributed by atoms with Gasteiger partial charge in [0, 0.05) is 38.7 Å². The third-order valence-corrected chi connectivity index (χ3v) is 9.77. The van der Waals surface area contributed by atoms with E-state index >= 15 is 0 Å². The van der Waals surface area contributed by atoms with Crippen molar-refractivity contribution in [1.29, 1.82) is 0 Å². The molecular formula is C38H42N2O11S. The zero-order valence-electron chi connectivity index (χ0n) is 28.7. The predicted octanol–water partition coefficient (Wildman–Crippen LogP) is 5.45. The molecule has 0 bridgehead atoms. The number of thiophene rings is 1. The molecule has 0 unspecified atom stereocenters. The second-order valence-electron chi connectivity index (χ2n) is 12.2. The number of likely N-dealkylation sites (tertiary alicyclic amines) is 2. The first-order valence-corrected chi connectivity index (χ1v) is 17.7. The molecule has 13 nitrogen and oxygen atoms in total. The van der Waals surface area contributed by atoms with Crippen LogP contribution < -0.4 is 9.47 Å². The van der Waals surface area contributed by atoms with Crippen LogP contribution in [0.2, 0.25) is 0 Å². The zero-order valence-corrected chi connectivity index (χ0v) is 29.5. The van der Waals surface area contributed by atoms with E-state index in [1.165, 1.54) is 38.8 Å². The largest absolute Gasteiger partial charge is 0.492 e. The zero-order chi connectivity index (χ0) is 37.6. The minimum Gasteiger partial charge on any atom is -0.492 e. The van der Waals surface area contributed by atoms with Gasteiger partial charge in [-0.2, -0.15) is 0 Å². The molecule has 276 valence electrons. The quantitative estimate of drug-likeness (QED) is 0.113. The van der Waals surface area contributed by atoms with Gasteiger partial charge in [0.25, 0.3) is 0 Å². The molecule has 0 amide bonds. The van der Waals surface area contributed by atoms with Gasteiger partial charge in [0.2, 0.25) is 0 Å². The van der Waals surface area contributed by atoms with Crippen molar-refractivity contribution in [2.45, 2.75) is 38.6 Å². The topological polar surface area (TPSA) is 191 Å². The molecule has 4 N–H and O–H groups in total. The number of hydrogen-bond acceptors (Lipinski definition) is 10. The molecule has 3 aromatic carbocycles. The van der Waals surface area contributed by atoms with E-state index < -0.39 is 23.9 Å². The number of fused-ring (bicyclic) bond motifs is 1. The average Bonchev–Trinajstić information content (AvgIpc) is 3.94. The van der Waals surface area contributed by atoms with Gasteiger partial charge in [0.05, 0.1) is 0 Å². The summed E-state index contributed by atoms with van der Waals surface area (Å²) in [4.78, 5) is 56.3. The van der Waals surface area contributed by atoms with E-state index in [4.69, 9.17) is 49.1 Å². The van der Waals surface area contributed by atoms with Crippen molar-refractivity contribution in [3.63, 3.8) is 0 Å². The fourth-order valence-electron chi connectivity index (χ4n) is 5.83. The molecule has 1 aromatic heterocycles. The Morgan fingerprint density at radius 1 is 0.692 bits per heavy atom. The summed E-state index contributed by atoms with van der Waals surface area (Å²) in [7, 11) is 0. The van der Waals surface area contributed by atoms with Gasteiger partial charge in [-0.3, -0.25) is 14.6 Å². The Morgan fingerprint density at radius 2 is 1.21 bits per heavy atom. The van der Waals surface area contributed by atoms with E-state index in [1.54, 1.807) is 11.3 Å². The molecule has 0 spiro atoms. The van der Waals surface area contributed by atoms with E-state index in [0.29, 0.717) is 24.8 Å².